The lowest BCUT2D eigenvalue weighted by molar-refractivity contribution is -0.266. The van der Waals surface area contributed by atoms with Gasteiger partial charge in [0, 0.05) is 51.4 Å². The van der Waals surface area contributed by atoms with E-state index in [-0.39, 0.29) is 81.1 Å². The maximum atomic E-state index is 14.6. The van der Waals surface area contributed by atoms with Gasteiger partial charge in [0.2, 0.25) is 5.79 Å². The Hall–Kier alpha value is -3.61. The van der Waals surface area contributed by atoms with E-state index in [0.29, 0.717) is 56.1 Å². The van der Waals surface area contributed by atoms with Crippen molar-refractivity contribution in [3.05, 3.63) is 47.6 Å². The van der Waals surface area contributed by atoms with Gasteiger partial charge in [-0.15, -0.1) is 0 Å². The Labute approximate surface area is 460 Å². The fourth-order valence-corrected chi connectivity index (χ4v) is 11.3. The number of carbonyl (C=O) groups is 5. The number of Topliss-reactive ketones (excluding diaryl/α,β-unsaturated/α-hetero) is 3. The molecule has 0 aromatic heterocycles. The summed E-state index contributed by atoms with van der Waals surface area (Å²) in [6, 6.07) is -1.25. The molecular weight excluding hydrogens is 1010 g/mol. The van der Waals surface area contributed by atoms with Gasteiger partial charge in [-0.2, -0.15) is 0 Å². The van der Waals surface area contributed by atoms with Crippen LogP contribution in [0.1, 0.15) is 126 Å². The Morgan fingerprint density at radius 3 is 2.18 bits per heavy atom. The zero-order chi connectivity index (χ0) is 58.0. The predicted molar refractivity (Wildman–Crippen MR) is 286 cm³/mol. The number of cyclic esters (lactones) is 1. The monoisotopic (exact) mass is 1110 g/mol. The lowest BCUT2D eigenvalue weighted by Gasteiger charge is -2.43. The number of esters is 1. The summed E-state index contributed by atoms with van der Waals surface area (Å²) in [6.45, 7) is 10.8. The molecule has 19 atom stereocenters. The zero-order valence-electron chi connectivity index (χ0n) is 47.4. The molecule has 1 saturated carbocycles. The highest BCUT2D eigenvalue weighted by Gasteiger charge is 2.53. The number of rotatable bonds is 15. The normalized spacial score (nSPS) is 37.4. The summed E-state index contributed by atoms with van der Waals surface area (Å²) in [6.07, 6.45) is 1.60. The summed E-state index contributed by atoms with van der Waals surface area (Å²) in [4.78, 5) is 72.8. The summed E-state index contributed by atoms with van der Waals surface area (Å²) in [5, 5.41) is 83.9. The highest BCUT2D eigenvalue weighted by molar-refractivity contribution is 6.39. The number of aliphatic hydroxyl groups excluding tert-OH is 7. The molecule has 444 valence electrons. The molecule has 4 rings (SSSR count). The van der Waals surface area contributed by atoms with Crippen molar-refractivity contribution >= 4 is 29.2 Å². The molecule has 3 heterocycles. The van der Waals surface area contributed by atoms with E-state index < -0.39 is 121 Å². The Morgan fingerprint density at radius 1 is 0.808 bits per heavy atom. The average Bonchev–Trinajstić information content (AvgIpc) is 3.46. The van der Waals surface area contributed by atoms with Gasteiger partial charge < -0.3 is 74.2 Å². The average molecular weight is 1110 g/mol. The summed E-state index contributed by atoms with van der Waals surface area (Å²) >= 11 is 0. The molecule has 2 saturated heterocycles. The molecule has 20 nitrogen and oxygen atoms in total. The molecule has 1 amide bonds. The summed E-state index contributed by atoms with van der Waals surface area (Å²) < 4.78 is 35.9. The van der Waals surface area contributed by atoms with Crippen molar-refractivity contribution in [2.24, 2.45) is 35.5 Å². The molecule has 4 aliphatic rings. The lowest BCUT2D eigenvalue weighted by Crippen LogP contribution is -2.61. The highest BCUT2D eigenvalue weighted by atomic mass is 16.6. The number of hydrogen-bond acceptors (Lipinski definition) is 19. The number of aliphatic hydroxyl groups is 8. The Bertz CT molecular complexity index is 2060. The van der Waals surface area contributed by atoms with Crippen molar-refractivity contribution in [1.82, 2.24) is 4.90 Å². The fourth-order valence-electron chi connectivity index (χ4n) is 11.3. The molecule has 2 bridgehead atoms. The van der Waals surface area contributed by atoms with Crippen LogP contribution < -0.4 is 0 Å². The number of carbonyl (C=O) groups excluding carboxylic acids is 5. The van der Waals surface area contributed by atoms with E-state index in [4.69, 9.17) is 28.4 Å². The first kappa shape index (κ1) is 66.9. The smallest absolute Gasteiger partial charge is 0.329 e. The predicted octanol–water partition coefficient (Wildman–Crippen LogP) is 3.00. The number of amides is 1. The van der Waals surface area contributed by atoms with Gasteiger partial charge in [-0.05, 0) is 107 Å². The third-order valence-electron chi connectivity index (χ3n) is 16.4. The third-order valence-corrected chi connectivity index (χ3v) is 16.4. The lowest BCUT2D eigenvalue weighted by atomic mass is 9.78. The summed E-state index contributed by atoms with van der Waals surface area (Å²) in [7, 11) is 2.94. The van der Waals surface area contributed by atoms with Gasteiger partial charge in [0.05, 0.1) is 50.8 Å². The number of hydrogen-bond donors (Lipinski definition) is 8. The largest absolute Gasteiger partial charge is 0.460 e. The number of nitrogens with zero attached hydrogens (tertiary/aromatic N) is 1. The van der Waals surface area contributed by atoms with Crippen molar-refractivity contribution in [2.45, 2.75) is 204 Å². The van der Waals surface area contributed by atoms with Crippen LogP contribution >= 0.6 is 0 Å². The SMILES string of the molecule is COC1C(=O)[C@H](C)C[C@H](C)/C=C/C=C/C=C(\C)[C@@H](OCC(O)C(O)C(O)C(O)CO)C[C@@H]2CC[C@@H](C)[C@@](O)(O2)C(=O)C(=O)N2CCCC[C@H]2C(=O)O[C@H]([C@H](C)C[C@@H]2CC[C@@H](OCCO)[C@H](OC)C2)CC(=O)[C@H](C)/C=C(\C)[C@H]1O. The molecule has 78 heavy (non-hydrogen) atoms. The quantitative estimate of drug-likeness (QED) is 0.0664. The van der Waals surface area contributed by atoms with Crippen LogP contribution in [-0.2, 0) is 52.4 Å². The molecule has 0 spiro atoms. The number of ether oxygens (including phenoxy) is 6. The Balaban J connectivity index is 1.73. The summed E-state index contributed by atoms with van der Waals surface area (Å²) in [5.74, 6) is -9.15. The minimum atomic E-state index is -2.64. The van der Waals surface area contributed by atoms with Gasteiger partial charge in [0.25, 0.3) is 11.7 Å². The Morgan fingerprint density at radius 2 is 1.51 bits per heavy atom. The highest BCUT2D eigenvalue weighted by Crippen LogP contribution is 2.38. The van der Waals surface area contributed by atoms with Crippen LogP contribution in [0.25, 0.3) is 0 Å². The second-order valence-corrected chi connectivity index (χ2v) is 22.6. The minimum absolute atomic E-state index is 0.00963. The molecule has 1 aliphatic carbocycles. The zero-order valence-corrected chi connectivity index (χ0v) is 47.4. The topological polar surface area (TPSA) is 306 Å². The van der Waals surface area contributed by atoms with Crippen LogP contribution in [-0.4, -0.2) is 201 Å². The second kappa shape index (κ2) is 32.1. The third kappa shape index (κ3) is 18.5. The van der Waals surface area contributed by atoms with Crippen LogP contribution in [0.15, 0.2) is 47.6 Å². The maximum absolute atomic E-state index is 14.6. The van der Waals surface area contributed by atoms with E-state index in [0.717, 1.165) is 11.3 Å². The van der Waals surface area contributed by atoms with Gasteiger partial charge >= 0.3 is 5.97 Å². The first-order chi connectivity index (χ1) is 36.9. The van der Waals surface area contributed by atoms with Crippen LogP contribution in [0.3, 0.4) is 0 Å². The molecule has 3 fully saturated rings. The molecule has 5 unspecified atom stereocenters. The molecule has 0 radical (unpaired) electrons. The van der Waals surface area contributed by atoms with Gasteiger partial charge in [-0.3, -0.25) is 19.2 Å². The first-order valence-electron chi connectivity index (χ1n) is 28.1. The van der Waals surface area contributed by atoms with Crippen LogP contribution in [0.2, 0.25) is 0 Å². The molecule has 3 aliphatic heterocycles. The molecule has 0 aromatic carbocycles. The van der Waals surface area contributed by atoms with E-state index in [9.17, 15) is 64.8 Å². The minimum Gasteiger partial charge on any atom is -0.460 e. The van der Waals surface area contributed by atoms with Crippen molar-refractivity contribution in [3.63, 3.8) is 0 Å². The van der Waals surface area contributed by atoms with Crippen LogP contribution in [0, 0.1) is 35.5 Å². The van der Waals surface area contributed by atoms with Gasteiger partial charge in [-0.1, -0.05) is 71.1 Å². The summed E-state index contributed by atoms with van der Waals surface area (Å²) in [5.41, 5.74) is 0.910. The number of fused-ring (bicyclic) bond motifs is 3. The van der Waals surface area contributed by atoms with Gasteiger partial charge in [0.1, 0.15) is 54.6 Å². The van der Waals surface area contributed by atoms with Crippen LogP contribution in [0.4, 0.5) is 0 Å². The van der Waals surface area contributed by atoms with Crippen molar-refractivity contribution in [3.8, 4) is 0 Å². The molecule has 0 aromatic rings. The van der Waals surface area contributed by atoms with Crippen molar-refractivity contribution in [1.29, 1.82) is 0 Å². The van der Waals surface area contributed by atoms with Crippen molar-refractivity contribution < 1.29 is 93.2 Å². The van der Waals surface area contributed by atoms with E-state index in [2.05, 4.69) is 0 Å². The van der Waals surface area contributed by atoms with E-state index >= 15 is 0 Å². The van der Waals surface area contributed by atoms with Gasteiger partial charge in [0.15, 0.2) is 5.78 Å². The second-order valence-electron chi connectivity index (χ2n) is 22.6. The van der Waals surface area contributed by atoms with Crippen LogP contribution in [0.5, 0.6) is 0 Å². The molecular formula is C58H93NO19. The van der Waals surface area contributed by atoms with E-state index in [1.807, 2.05) is 19.9 Å². The fraction of sp³-hybridized carbons (Fsp3) is 0.776. The van der Waals surface area contributed by atoms with E-state index in [1.54, 1.807) is 72.1 Å². The Kier molecular flexibility index (Phi) is 27.6. The first-order valence-corrected chi connectivity index (χ1v) is 28.1. The number of ketones is 3. The van der Waals surface area contributed by atoms with E-state index in [1.165, 1.54) is 7.11 Å². The number of methoxy groups -OCH3 is 2. The standard InChI is InChI=1S/C58H93NO19/c1-33-15-11-10-12-16-34(2)47(76-32-45(64)53(68)52(67)44(63)31-61)29-41-20-18-39(7)58(72,78-41)55(69)56(70)59-22-14-13-17-42(59)57(71)77-48(36(4)27-40-19-21-46(75-24-23-60)49(28-40)73-8)30-43(62)35(3)26-38(6)51(66)54(74-9)50(65)37(5)25-33/h10-12,15-16,26,33,35-37,39-42,44-49,51-54,60-61,63-64,66-68,72H,13-14,17-25,27-32H2,1-9H3/b12-10+,15-11+,34-16+,38-26+/t33-,35-,36-,37-,39-,40+,41+,42+,44?,45?,46-,47+,48+,49-,51-,52?,53?,54?,58-/m1/s1. The molecule has 20 heteroatoms. The number of allylic oxidation sites excluding steroid dienone is 6. The van der Waals surface area contributed by atoms with Crippen molar-refractivity contribution in [2.75, 3.05) is 47.2 Å². The van der Waals surface area contributed by atoms with Gasteiger partial charge in [-0.25, -0.2) is 4.79 Å². The maximum Gasteiger partial charge on any atom is 0.329 e. The molecule has 8 N–H and O–H groups in total. The number of piperidine rings is 1.